The number of ether oxygens (including phenoxy) is 2. The van der Waals surface area contributed by atoms with E-state index in [4.69, 9.17) is 32.7 Å². The fourth-order valence-electron chi connectivity index (χ4n) is 1.76. The normalized spacial score (nSPS) is 28.6. The molecule has 1 saturated carbocycles. The second-order valence-electron chi connectivity index (χ2n) is 3.79. The van der Waals surface area contributed by atoms with Gasteiger partial charge in [-0.2, -0.15) is 0 Å². The molecule has 1 aromatic rings. The van der Waals surface area contributed by atoms with Crippen LogP contribution in [0.4, 0.5) is 0 Å². The zero-order chi connectivity index (χ0) is 11.5. The molecule has 1 aliphatic rings. The van der Waals surface area contributed by atoms with Crippen LogP contribution in [0.3, 0.4) is 0 Å². The van der Waals surface area contributed by atoms with Crippen molar-refractivity contribution in [2.75, 3.05) is 6.61 Å². The molecule has 4 heteroatoms. The maximum Gasteiger partial charge on any atom is 0.128 e. The Morgan fingerprint density at radius 1 is 1.44 bits per heavy atom. The minimum Gasteiger partial charge on any atom is -0.488 e. The van der Waals surface area contributed by atoms with Crippen molar-refractivity contribution in [3.05, 3.63) is 29.3 Å². The highest BCUT2D eigenvalue weighted by atomic mass is 35.5. The van der Waals surface area contributed by atoms with E-state index in [1.165, 1.54) is 0 Å². The van der Waals surface area contributed by atoms with Gasteiger partial charge in [0.2, 0.25) is 0 Å². The van der Waals surface area contributed by atoms with Gasteiger partial charge in [0.25, 0.3) is 0 Å². The largest absolute Gasteiger partial charge is 0.488 e. The van der Waals surface area contributed by atoms with Crippen molar-refractivity contribution < 1.29 is 9.47 Å². The lowest BCUT2D eigenvalue weighted by Crippen LogP contribution is -2.52. The molecular formula is C12H14Cl2O2. The lowest BCUT2D eigenvalue weighted by Gasteiger charge is -2.40. The lowest BCUT2D eigenvalue weighted by atomic mass is 9.91. The molecule has 3 unspecified atom stereocenters. The highest BCUT2D eigenvalue weighted by molar-refractivity contribution is 6.30. The van der Waals surface area contributed by atoms with E-state index in [1.807, 2.05) is 25.1 Å². The Morgan fingerprint density at radius 2 is 2.25 bits per heavy atom. The molecule has 1 aliphatic carbocycles. The first-order valence-electron chi connectivity index (χ1n) is 5.38. The first-order valence-corrected chi connectivity index (χ1v) is 6.20. The molecule has 3 atom stereocenters. The third-order valence-electron chi connectivity index (χ3n) is 2.62. The average Bonchev–Trinajstić information content (AvgIpc) is 2.26. The van der Waals surface area contributed by atoms with Crippen LogP contribution < -0.4 is 4.74 Å². The molecule has 0 aromatic heterocycles. The van der Waals surface area contributed by atoms with Crippen molar-refractivity contribution >= 4 is 23.2 Å². The predicted molar refractivity (Wildman–Crippen MR) is 65.5 cm³/mol. The molecule has 1 fully saturated rings. The van der Waals surface area contributed by atoms with Crippen molar-refractivity contribution in [1.82, 2.24) is 0 Å². The SMILES string of the molecule is CCOC1C(Cl)CC1Oc1cccc(Cl)c1. The third-order valence-corrected chi connectivity index (χ3v) is 3.28. The summed E-state index contributed by atoms with van der Waals surface area (Å²) in [5.74, 6) is 0.769. The second kappa shape index (κ2) is 5.26. The van der Waals surface area contributed by atoms with E-state index in [0.717, 1.165) is 12.2 Å². The second-order valence-corrected chi connectivity index (χ2v) is 4.78. The molecule has 88 valence electrons. The summed E-state index contributed by atoms with van der Waals surface area (Å²) in [6, 6.07) is 7.37. The summed E-state index contributed by atoms with van der Waals surface area (Å²) in [7, 11) is 0. The van der Waals surface area contributed by atoms with Gasteiger partial charge in [-0.15, -0.1) is 11.6 Å². The van der Waals surface area contributed by atoms with Gasteiger partial charge in [0.15, 0.2) is 0 Å². The first-order chi connectivity index (χ1) is 7.70. The van der Waals surface area contributed by atoms with Crippen molar-refractivity contribution in [3.63, 3.8) is 0 Å². The highest BCUT2D eigenvalue weighted by Crippen LogP contribution is 2.33. The van der Waals surface area contributed by atoms with Gasteiger partial charge in [0.05, 0.1) is 5.38 Å². The summed E-state index contributed by atoms with van der Waals surface area (Å²) in [6.07, 6.45) is 0.852. The predicted octanol–water partition coefficient (Wildman–Crippen LogP) is 3.50. The van der Waals surface area contributed by atoms with Gasteiger partial charge in [-0.05, 0) is 25.1 Å². The molecule has 0 heterocycles. The topological polar surface area (TPSA) is 18.5 Å². The molecule has 0 N–H and O–H groups in total. The van der Waals surface area contributed by atoms with Crippen LogP contribution in [0, 0.1) is 0 Å². The molecule has 0 spiro atoms. The fraction of sp³-hybridized carbons (Fsp3) is 0.500. The van der Waals surface area contributed by atoms with Gasteiger partial charge in [-0.25, -0.2) is 0 Å². The summed E-state index contributed by atoms with van der Waals surface area (Å²) < 4.78 is 11.3. The van der Waals surface area contributed by atoms with Crippen LogP contribution in [0.1, 0.15) is 13.3 Å². The smallest absolute Gasteiger partial charge is 0.128 e. The minimum absolute atomic E-state index is 0.00866. The molecule has 2 rings (SSSR count). The Bertz CT molecular complexity index is 357. The van der Waals surface area contributed by atoms with Crippen LogP contribution in [0.5, 0.6) is 5.75 Å². The maximum atomic E-state index is 6.05. The van der Waals surface area contributed by atoms with E-state index < -0.39 is 0 Å². The van der Waals surface area contributed by atoms with Gasteiger partial charge in [0.1, 0.15) is 18.0 Å². The minimum atomic E-state index is -0.00866. The molecule has 0 radical (unpaired) electrons. The van der Waals surface area contributed by atoms with E-state index in [-0.39, 0.29) is 17.6 Å². The Labute approximate surface area is 105 Å². The molecule has 0 bridgehead atoms. The number of rotatable bonds is 4. The zero-order valence-corrected chi connectivity index (χ0v) is 10.5. The highest BCUT2D eigenvalue weighted by Gasteiger charge is 2.42. The van der Waals surface area contributed by atoms with E-state index in [1.54, 1.807) is 6.07 Å². The molecule has 0 aliphatic heterocycles. The van der Waals surface area contributed by atoms with Crippen LogP contribution in [0.25, 0.3) is 0 Å². The van der Waals surface area contributed by atoms with Crippen LogP contribution in [-0.4, -0.2) is 24.2 Å². The van der Waals surface area contributed by atoms with E-state index in [9.17, 15) is 0 Å². The van der Waals surface area contributed by atoms with Crippen molar-refractivity contribution in [2.24, 2.45) is 0 Å². The third kappa shape index (κ3) is 2.62. The Balaban J connectivity index is 1.95. The van der Waals surface area contributed by atoms with Crippen molar-refractivity contribution in [1.29, 1.82) is 0 Å². The van der Waals surface area contributed by atoms with Gasteiger partial charge < -0.3 is 9.47 Å². The molecule has 0 saturated heterocycles. The number of hydrogen-bond acceptors (Lipinski definition) is 2. The summed E-state index contributed by atoms with van der Waals surface area (Å²) in [4.78, 5) is 0. The number of benzene rings is 1. The molecule has 0 amide bonds. The molecule has 2 nitrogen and oxygen atoms in total. The molecule has 1 aromatic carbocycles. The number of alkyl halides is 1. The first kappa shape index (κ1) is 12.0. The van der Waals surface area contributed by atoms with Crippen LogP contribution in [0.2, 0.25) is 5.02 Å². The van der Waals surface area contributed by atoms with Gasteiger partial charge in [-0.1, -0.05) is 17.7 Å². The summed E-state index contributed by atoms with van der Waals surface area (Å²) in [5, 5.41) is 0.733. The fourth-order valence-corrected chi connectivity index (χ4v) is 2.35. The monoisotopic (exact) mass is 260 g/mol. The summed E-state index contributed by atoms with van der Waals surface area (Å²) >= 11 is 11.9. The number of hydrogen-bond donors (Lipinski definition) is 0. The standard InChI is InChI=1S/C12H14Cl2O2/c1-2-15-12-10(14)7-11(12)16-9-5-3-4-8(13)6-9/h3-6,10-12H,2,7H2,1H3. The molecule has 16 heavy (non-hydrogen) atoms. The quantitative estimate of drug-likeness (QED) is 0.772. The van der Waals surface area contributed by atoms with Gasteiger partial charge in [0, 0.05) is 18.1 Å². The Hall–Kier alpha value is -0.440. The summed E-state index contributed by atoms with van der Waals surface area (Å²) in [5.41, 5.74) is 0. The maximum absolute atomic E-state index is 6.05. The van der Waals surface area contributed by atoms with Crippen LogP contribution in [-0.2, 0) is 4.74 Å². The molecular weight excluding hydrogens is 247 g/mol. The van der Waals surface area contributed by atoms with E-state index in [2.05, 4.69) is 0 Å². The van der Waals surface area contributed by atoms with Crippen molar-refractivity contribution in [2.45, 2.75) is 30.9 Å². The Morgan fingerprint density at radius 3 is 2.88 bits per heavy atom. The van der Waals surface area contributed by atoms with E-state index >= 15 is 0 Å². The van der Waals surface area contributed by atoms with Crippen molar-refractivity contribution in [3.8, 4) is 5.75 Å². The number of halogens is 2. The van der Waals surface area contributed by atoms with E-state index in [0.29, 0.717) is 11.6 Å². The average molecular weight is 261 g/mol. The lowest BCUT2D eigenvalue weighted by molar-refractivity contribution is -0.0759. The van der Waals surface area contributed by atoms with Crippen LogP contribution in [0.15, 0.2) is 24.3 Å². The Kier molecular flexibility index (Phi) is 3.95. The van der Waals surface area contributed by atoms with Gasteiger partial charge in [-0.3, -0.25) is 0 Å². The zero-order valence-electron chi connectivity index (χ0n) is 9.03. The van der Waals surface area contributed by atoms with Crippen LogP contribution >= 0.6 is 23.2 Å². The van der Waals surface area contributed by atoms with Gasteiger partial charge >= 0.3 is 0 Å². The summed E-state index contributed by atoms with van der Waals surface area (Å²) in [6.45, 7) is 2.61.